The maximum absolute atomic E-state index is 10.8. The average molecular weight is 150 g/mol. The van der Waals surface area contributed by atoms with Gasteiger partial charge in [0.25, 0.3) is 0 Å². The van der Waals surface area contributed by atoms with Gasteiger partial charge in [-0.15, -0.1) is 0 Å². The van der Waals surface area contributed by atoms with Gasteiger partial charge in [0.2, 0.25) is 5.91 Å². The zero-order valence-corrected chi connectivity index (χ0v) is 6.16. The first-order valence-electron chi connectivity index (χ1n) is 3.32. The van der Waals surface area contributed by atoms with Gasteiger partial charge in [-0.1, -0.05) is 6.92 Å². The highest BCUT2D eigenvalue weighted by molar-refractivity contribution is 5.89. The van der Waals surface area contributed by atoms with Crippen LogP contribution in [0.1, 0.15) is 13.3 Å². The second kappa shape index (κ2) is 3.65. The number of nitrogens with zero attached hydrogens (tertiary/aromatic N) is 2. The number of carbonyl (C=O) groups excluding carboxylic acids is 1. The molecule has 1 rings (SSSR count). The first kappa shape index (κ1) is 7.65. The smallest absolute Gasteiger partial charge is 0.225 e. The van der Waals surface area contributed by atoms with Gasteiger partial charge in [-0.25, -0.2) is 9.97 Å². The number of carbonyl (C=O) groups is 1. The molecule has 1 heterocycles. The van der Waals surface area contributed by atoms with Crippen molar-refractivity contribution in [3.05, 3.63) is 18.6 Å². The molecule has 4 nitrogen and oxygen atoms in total. The van der Waals surface area contributed by atoms with Crippen LogP contribution in [0.25, 0.3) is 0 Å². The van der Waals surface area contributed by atoms with E-state index in [-0.39, 0.29) is 5.91 Å². The summed E-state index contributed by atoms with van der Waals surface area (Å²) in [6, 6.07) is 1.62. The Balaban J connectivity index is 2.58. The van der Waals surface area contributed by atoms with Crippen molar-refractivity contribution in [1.82, 2.24) is 9.97 Å². The van der Waals surface area contributed by atoms with Crippen LogP contribution in [0.4, 0.5) is 5.82 Å². The van der Waals surface area contributed by atoms with Gasteiger partial charge in [-0.2, -0.15) is 0 Å². The van der Waals surface area contributed by atoms with Crippen molar-refractivity contribution >= 4 is 11.7 Å². The number of aromatic nitrogens is 2. The molecular formula is C7H8N3O. The van der Waals surface area contributed by atoms with Crippen molar-refractivity contribution in [3.8, 4) is 0 Å². The Labute approximate surface area is 64.7 Å². The lowest BCUT2D eigenvalue weighted by molar-refractivity contribution is -0.115. The Morgan fingerprint density at radius 2 is 2.64 bits per heavy atom. The van der Waals surface area contributed by atoms with Gasteiger partial charge in [0.1, 0.15) is 5.82 Å². The van der Waals surface area contributed by atoms with Crippen molar-refractivity contribution < 1.29 is 4.79 Å². The molecule has 0 saturated heterocycles. The van der Waals surface area contributed by atoms with E-state index in [0.717, 1.165) is 0 Å². The van der Waals surface area contributed by atoms with Crippen LogP contribution in [-0.2, 0) is 4.79 Å². The molecular weight excluding hydrogens is 142 g/mol. The molecule has 1 aromatic rings. The summed E-state index contributed by atoms with van der Waals surface area (Å²) in [7, 11) is 0. The lowest BCUT2D eigenvalue weighted by Crippen LogP contribution is -2.10. The summed E-state index contributed by atoms with van der Waals surface area (Å²) in [6.45, 7) is 1.78. The average Bonchev–Trinajstić information content (AvgIpc) is 2.06. The van der Waals surface area contributed by atoms with E-state index in [9.17, 15) is 4.79 Å². The van der Waals surface area contributed by atoms with Crippen LogP contribution in [0, 0.1) is 6.33 Å². The first-order chi connectivity index (χ1) is 5.33. The predicted octanol–water partition coefficient (Wildman–Crippen LogP) is 0.625. The molecule has 0 fully saturated rings. The number of amides is 1. The molecule has 0 aromatic carbocycles. The molecule has 0 unspecified atom stereocenters. The fourth-order valence-electron chi connectivity index (χ4n) is 0.562. The summed E-state index contributed by atoms with van der Waals surface area (Å²) >= 11 is 0. The van der Waals surface area contributed by atoms with E-state index in [1.54, 1.807) is 13.0 Å². The lowest BCUT2D eigenvalue weighted by atomic mass is 10.4. The topological polar surface area (TPSA) is 54.9 Å². The van der Waals surface area contributed by atoms with Crippen molar-refractivity contribution in [2.75, 3.05) is 5.32 Å². The predicted molar refractivity (Wildman–Crippen MR) is 39.8 cm³/mol. The third-order valence-electron chi connectivity index (χ3n) is 1.12. The fraction of sp³-hybridized carbons (Fsp3) is 0.286. The summed E-state index contributed by atoms with van der Waals surface area (Å²) in [4.78, 5) is 18.1. The van der Waals surface area contributed by atoms with Gasteiger partial charge in [0.15, 0.2) is 6.33 Å². The third-order valence-corrected chi connectivity index (χ3v) is 1.12. The number of rotatable bonds is 2. The van der Waals surface area contributed by atoms with E-state index in [0.29, 0.717) is 12.2 Å². The molecule has 0 aliphatic rings. The summed E-state index contributed by atoms with van der Waals surface area (Å²) in [5.74, 6) is 0.434. The minimum absolute atomic E-state index is 0.0582. The largest absolute Gasteiger partial charge is 0.311 e. The van der Waals surface area contributed by atoms with E-state index in [4.69, 9.17) is 0 Å². The summed E-state index contributed by atoms with van der Waals surface area (Å²) in [5.41, 5.74) is 0. The second-order valence-corrected chi connectivity index (χ2v) is 1.94. The Morgan fingerprint density at radius 3 is 3.18 bits per heavy atom. The highest BCUT2D eigenvalue weighted by Gasteiger charge is 1.97. The fourth-order valence-corrected chi connectivity index (χ4v) is 0.562. The molecule has 1 N–H and O–H groups in total. The summed E-state index contributed by atoms with van der Waals surface area (Å²) < 4.78 is 0. The molecule has 1 aromatic heterocycles. The zero-order valence-electron chi connectivity index (χ0n) is 6.16. The number of hydrogen-bond acceptors (Lipinski definition) is 3. The van der Waals surface area contributed by atoms with Crippen LogP contribution in [0.5, 0.6) is 0 Å². The van der Waals surface area contributed by atoms with E-state index in [1.807, 2.05) is 0 Å². The maximum Gasteiger partial charge on any atom is 0.225 e. The third kappa shape index (κ3) is 2.33. The highest BCUT2D eigenvalue weighted by atomic mass is 16.1. The molecule has 0 saturated carbocycles. The Hall–Kier alpha value is -1.45. The van der Waals surface area contributed by atoms with Crippen molar-refractivity contribution in [2.45, 2.75) is 13.3 Å². The van der Waals surface area contributed by atoms with Crippen molar-refractivity contribution in [1.29, 1.82) is 0 Å². The molecule has 0 atom stereocenters. The molecule has 11 heavy (non-hydrogen) atoms. The molecule has 0 spiro atoms. The van der Waals surface area contributed by atoms with Crippen LogP contribution in [-0.4, -0.2) is 15.9 Å². The van der Waals surface area contributed by atoms with Crippen molar-refractivity contribution in [2.24, 2.45) is 0 Å². The van der Waals surface area contributed by atoms with Crippen LogP contribution >= 0.6 is 0 Å². The Morgan fingerprint density at radius 1 is 1.82 bits per heavy atom. The minimum Gasteiger partial charge on any atom is -0.311 e. The SMILES string of the molecule is CCC(=O)Nc1ccn[c]n1. The molecule has 0 aliphatic heterocycles. The van der Waals surface area contributed by atoms with Crippen LogP contribution in [0.2, 0.25) is 0 Å². The zero-order chi connectivity index (χ0) is 8.10. The molecule has 0 bridgehead atoms. The number of anilines is 1. The molecule has 57 valence electrons. The van der Waals surface area contributed by atoms with Gasteiger partial charge < -0.3 is 5.32 Å². The van der Waals surface area contributed by atoms with E-state index in [1.165, 1.54) is 6.20 Å². The van der Waals surface area contributed by atoms with E-state index >= 15 is 0 Å². The lowest BCUT2D eigenvalue weighted by Gasteiger charge is -1.98. The van der Waals surface area contributed by atoms with E-state index in [2.05, 4.69) is 21.6 Å². The molecule has 1 amide bonds. The Kier molecular flexibility index (Phi) is 2.54. The van der Waals surface area contributed by atoms with Gasteiger partial charge in [0.05, 0.1) is 0 Å². The number of nitrogens with one attached hydrogen (secondary N) is 1. The summed E-state index contributed by atoms with van der Waals surface area (Å²) in [6.07, 6.45) is 4.35. The summed E-state index contributed by atoms with van der Waals surface area (Å²) in [5, 5.41) is 2.57. The normalized spacial score (nSPS) is 9.18. The quantitative estimate of drug-likeness (QED) is 0.672. The first-order valence-corrected chi connectivity index (χ1v) is 3.32. The van der Waals surface area contributed by atoms with Gasteiger partial charge in [-0.3, -0.25) is 4.79 Å². The Bertz CT molecular complexity index is 235. The van der Waals surface area contributed by atoms with Gasteiger partial charge in [-0.05, 0) is 6.07 Å². The second-order valence-electron chi connectivity index (χ2n) is 1.94. The van der Waals surface area contributed by atoms with Gasteiger partial charge in [0, 0.05) is 12.6 Å². The minimum atomic E-state index is -0.0582. The van der Waals surface area contributed by atoms with Crippen LogP contribution in [0.15, 0.2) is 12.3 Å². The van der Waals surface area contributed by atoms with Gasteiger partial charge >= 0.3 is 0 Å². The van der Waals surface area contributed by atoms with Crippen LogP contribution < -0.4 is 5.32 Å². The number of hydrogen-bond donors (Lipinski definition) is 1. The van der Waals surface area contributed by atoms with Crippen LogP contribution in [0.3, 0.4) is 0 Å². The molecule has 0 aliphatic carbocycles. The maximum atomic E-state index is 10.8. The molecule has 4 heteroatoms. The van der Waals surface area contributed by atoms with E-state index < -0.39 is 0 Å². The van der Waals surface area contributed by atoms with Crippen molar-refractivity contribution in [3.63, 3.8) is 0 Å². The molecule has 1 radical (unpaired) electrons. The highest BCUT2D eigenvalue weighted by Crippen LogP contribution is 1.97. The standard InChI is InChI=1S/C7H8N3O/c1-2-7(11)10-6-3-4-8-5-9-6/h3-4H,2H2,1H3,(H,8,9,10,11). The monoisotopic (exact) mass is 150 g/mol.